The van der Waals surface area contributed by atoms with Crippen LogP contribution in [0.3, 0.4) is 0 Å². The minimum atomic E-state index is -0.298. The largest absolute Gasteiger partial charge is 0.325 e. The number of rotatable bonds is 5. The lowest BCUT2D eigenvalue weighted by Crippen LogP contribution is -2.14. The van der Waals surface area contributed by atoms with Gasteiger partial charge in [0.05, 0.1) is 5.75 Å². The van der Waals surface area contributed by atoms with E-state index < -0.39 is 0 Å². The lowest BCUT2D eigenvalue weighted by Gasteiger charge is -2.07. The SMILES string of the molecule is Cc1ccc(NC(=O)CSc2nnc(-c3ccc(F)cc3)n2C)cc1C. The highest BCUT2D eigenvalue weighted by Crippen LogP contribution is 2.23. The maximum atomic E-state index is 13.1. The molecule has 7 heteroatoms. The van der Waals surface area contributed by atoms with Gasteiger partial charge in [0.1, 0.15) is 5.82 Å². The normalized spacial score (nSPS) is 10.8. The first-order valence-corrected chi connectivity index (χ1v) is 9.08. The number of aromatic nitrogens is 3. The Morgan fingerprint density at radius 2 is 1.85 bits per heavy atom. The predicted molar refractivity (Wildman–Crippen MR) is 102 cm³/mol. The molecule has 2 aromatic carbocycles. The number of hydrogen-bond donors (Lipinski definition) is 1. The molecule has 0 spiro atoms. The third-order valence-corrected chi connectivity index (χ3v) is 5.08. The zero-order chi connectivity index (χ0) is 18.7. The molecule has 0 unspecified atom stereocenters. The number of thioether (sulfide) groups is 1. The first kappa shape index (κ1) is 18.1. The molecule has 0 atom stereocenters. The maximum absolute atomic E-state index is 13.1. The Hall–Kier alpha value is -2.67. The second-order valence-corrected chi connectivity index (χ2v) is 6.95. The standard InChI is InChI=1S/C19H19FN4OS/c1-12-4-9-16(10-13(12)2)21-17(25)11-26-19-23-22-18(24(19)3)14-5-7-15(20)8-6-14/h4-10H,11H2,1-3H3,(H,21,25). The molecular formula is C19H19FN4OS. The van der Waals surface area contributed by atoms with Crippen molar-refractivity contribution in [2.75, 3.05) is 11.1 Å². The van der Waals surface area contributed by atoms with E-state index in [9.17, 15) is 9.18 Å². The molecule has 1 N–H and O–H groups in total. The summed E-state index contributed by atoms with van der Waals surface area (Å²) in [5.74, 6) is 0.447. The van der Waals surface area contributed by atoms with Crippen molar-refractivity contribution in [3.8, 4) is 11.4 Å². The van der Waals surface area contributed by atoms with Gasteiger partial charge < -0.3 is 9.88 Å². The van der Waals surface area contributed by atoms with Gasteiger partial charge >= 0.3 is 0 Å². The summed E-state index contributed by atoms with van der Waals surface area (Å²) in [5, 5.41) is 11.8. The van der Waals surface area contributed by atoms with Crippen molar-refractivity contribution in [1.82, 2.24) is 14.8 Å². The highest BCUT2D eigenvalue weighted by Gasteiger charge is 2.13. The van der Waals surface area contributed by atoms with Crippen molar-refractivity contribution in [3.63, 3.8) is 0 Å². The summed E-state index contributed by atoms with van der Waals surface area (Å²) in [6.45, 7) is 4.04. The number of halogens is 1. The number of aryl methyl sites for hydroxylation is 2. The highest BCUT2D eigenvalue weighted by molar-refractivity contribution is 7.99. The third kappa shape index (κ3) is 4.11. The van der Waals surface area contributed by atoms with Crippen molar-refractivity contribution in [2.24, 2.45) is 7.05 Å². The van der Waals surface area contributed by atoms with Gasteiger partial charge in [-0.2, -0.15) is 0 Å². The lowest BCUT2D eigenvalue weighted by atomic mass is 10.1. The van der Waals surface area contributed by atoms with E-state index in [1.54, 1.807) is 16.7 Å². The molecule has 0 fully saturated rings. The van der Waals surface area contributed by atoms with Gasteiger partial charge in [-0.25, -0.2) is 4.39 Å². The Morgan fingerprint density at radius 1 is 1.12 bits per heavy atom. The Kier molecular flexibility index (Phi) is 5.37. The number of anilines is 1. The lowest BCUT2D eigenvalue weighted by molar-refractivity contribution is -0.113. The third-order valence-electron chi connectivity index (χ3n) is 4.06. The van der Waals surface area contributed by atoms with E-state index in [0.717, 1.165) is 16.8 Å². The van der Waals surface area contributed by atoms with E-state index in [0.29, 0.717) is 11.0 Å². The summed E-state index contributed by atoms with van der Waals surface area (Å²) in [7, 11) is 1.82. The van der Waals surface area contributed by atoms with Crippen molar-refractivity contribution >= 4 is 23.4 Å². The number of nitrogens with one attached hydrogen (secondary N) is 1. The first-order valence-electron chi connectivity index (χ1n) is 8.09. The van der Waals surface area contributed by atoms with Crippen LogP contribution in [0, 0.1) is 19.7 Å². The molecule has 1 heterocycles. The van der Waals surface area contributed by atoms with E-state index in [2.05, 4.69) is 15.5 Å². The van der Waals surface area contributed by atoms with Crippen LogP contribution >= 0.6 is 11.8 Å². The van der Waals surface area contributed by atoms with E-state index in [4.69, 9.17) is 0 Å². The fourth-order valence-electron chi connectivity index (χ4n) is 2.44. The summed E-state index contributed by atoms with van der Waals surface area (Å²) in [5.41, 5.74) is 3.87. The van der Waals surface area contributed by atoms with E-state index in [1.165, 1.54) is 29.5 Å². The second-order valence-electron chi connectivity index (χ2n) is 6.01. The van der Waals surface area contributed by atoms with Crippen LogP contribution < -0.4 is 5.32 Å². The van der Waals surface area contributed by atoms with Crippen LogP contribution in [0.15, 0.2) is 47.6 Å². The Morgan fingerprint density at radius 3 is 2.54 bits per heavy atom. The quantitative estimate of drug-likeness (QED) is 0.691. The monoisotopic (exact) mass is 370 g/mol. The van der Waals surface area contributed by atoms with Crippen LogP contribution in [0.1, 0.15) is 11.1 Å². The predicted octanol–water partition coefficient (Wildman–Crippen LogP) is 3.97. The van der Waals surface area contributed by atoms with Gasteiger partial charge in [0, 0.05) is 18.3 Å². The average Bonchev–Trinajstić information content (AvgIpc) is 2.98. The Bertz CT molecular complexity index is 937. The van der Waals surface area contributed by atoms with Crippen LogP contribution in [0.5, 0.6) is 0 Å². The van der Waals surface area contributed by atoms with Crippen LogP contribution in [0.25, 0.3) is 11.4 Å². The van der Waals surface area contributed by atoms with E-state index >= 15 is 0 Å². The van der Waals surface area contributed by atoms with Crippen molar-refractivity contribution in [2.45, 2.75) is 19.0 Å². The van der Waals surface area contributed by atoms with Gasteiger partial charge in [0.25, 0.3) is 0 Å². The average molecular weight is 370 g/mol. The summed E-state index contributed by atoms with van der Waals surface area (Å²) >= 11 is 1.30. The fourth-order valence-corrected chi connectivity index (χ4v) is 3.15. The topological polar surface area (TPSA) is 59.8 Å². The molecular weight excluding hydrogens is 351 g/mol. The zero-order valence-corrected chi connectivity index (χ0v) is 15.6. The number of carbonyl (C=O) groups excluding carboxylic acids is 1. The number of benzene rings is 2. The van der Waals surface area contributed by atoms with Crippen LogP contribution in [0.2, 0.25) is 0 Å². The molecule has 0 bridgehead atoms. The first-order chi connectivity index (χ1) is 12.4. The number of hydrogen-bond acceptors (Lipinski definition) is 4. The molecule has 5 nitrogen and oxygen atoms in total. The summed E-state index contributed by atoms with van der Waals surface area (Å²) < 4.78 is 14.8. The fraction of sp³-hybridized carbons (Fsp3) is 0.211. The van der Waals surface area contributed by atoms with Crippen LogP contribution in [-0.2, 0) is 11.8 Å². The van der Waals surface area contributed by atoms with Crippen molar-refractivity contribution in [1.29, 1.82) is 0 Å². The van der Waals surface area contributed by atoms with E-state index in [-0.39, 0.29) is 17.5 Å². The van der Waals surface area contributed by atoms with Gasteiger partial charge in [-0.05, 0) is 61.4 Å². The molecule has 134 valence electrons. The molecule has 0 saturated heterocycles. The number of carbonyl (C=O) groups is 1. The smallest absolute Gasteiger partial charge is 0.234 e. The Balaban J connectivity index is 1.63. The van der Waals surface area contributed by atoms with Crippen molar-refractivity contribution < 1.29 is 9.18 Å². The molecule has 0 aliphatic rings. The van der Waals surface area contributed by atoms with Gasteiger partial charge in [-0.3, -0.25) is 4.79 Å². The number of nitrogens with zero attached hydrogens (tertiary/aromatic N) is 3. The van der Waals surface area contributed by atoms with Crippen LogP contribution in [0.4, 0.5) is 10.1 Å². The highest BCUT2D eigenvalue weighted by atomic mass is 32.2. The maximum Gasteiger partial charge on any atom is 0.234 e. The number of amides is 1. The molecule has 3 aromatic rings. The van der Waals surface area contributed by atoms with Gasteiger partial charge in [0.15, 0.2) is 11.0 Å². The van der Waals surface area contributed by atoms with E-state index in [1.807, 2.05) is 39.1 Å². The minimum absolute atomic E-state index is 0.107. The van der Waals surface area contributed by atoms with Gasteiger partial charge in [-0.15, -0.1) is 10.2 Å². The second kappa shape index (κ2) is 7.70. The summed E-state index contributed by atoms with van der Waals surface area (Å²) in [6, 6.07) is 11.9. The molecule has 0 radical (unpaired) electrons. The molecule has 1 aromatic heterocycles. The Labute approximate surface area is 155 Å². The molecule has 0 saturated carbocycles. The molecule has 1 amide bonds. The molecule has 0 aliphatic carbocycles. The zero-order valence-electron chi connectivity index (χ0n) is 14.8. The molecule has 0 aliphatic heterocycles. The van der Waals surface area contributed by atoms with Crippen LogP contribution in [-0.4, -0.2) is 26.4 Å². The summed E-state index contributed by atoms with van der Waals surface area (Å²) in [4.78, 5) is 12.2. The van der Waals surface area contributed by atoms with Crippen molar-refractivity contribution in [3.05, 3.63) is 59.4 Å². The molecule has 3 rings (SSSR count). The summed E-state index contributed by atoms with van der Waals surface area (Å²) in [6.07, 6.45) is 0. The van der Waals surface area contributed by atoms with Gasteiger partial charge in [-0.1, -0.05) is 17.8 Å². The molecule has 26 heavy (non-hydrogen) atoms. The van der Waals surface area contributed by atoms with Gasteiger partial charge in [0.2, 0.25) is 5.91 Å². The minimum Gasteiger partial charge on any atom is -0.325 e.